The Hall–Kier alpha value is -1.36. The van der Waals surface area contributed by atoms with Gasteiger partial charge in [-0.05, 0) is 35.4 Å². The highest BCUT2D eigenvalue weighted by atomic mass is 79.9. The van der Waals surface area contributed by atoms with E-state index in [9.17, 15) is 9.59 Å². The Morgan fingerprint density at radius 2 is 1.75 bits per heavy atom. The Kier molecular flexibility index (Phi) is 7.94. The van der Waals surface area contributed by atoms with E-state index in [2.05, 4.69) is 40.4 Å². The maximum atomic E-state index is 12.0. The summed E-state index contributed by atoms with van der Waals surface area (Å²) in [6.45, 7) is 10.6. The van der Waals surface area contributed by atoms with Gasteiger partial charge in [-0.2, -0.15) is 0 Å². The summed E-state index contributed by atoms with van der Waals surface area (Å²) in [4.78, 5) is 23.7. The van der Waals surface area contributed by atoms with Gasteiger partial charge in [0.05, 0.1) is 4.83 Å². The highest BCUT2D eigenvalue weighted by Gasteiger charge is 2.28. The fourth-order valence-electron chi connectivity index (χ4n) is 2.14. The van der Waals surface area contributed by atoms with Gasteiger partial charge in [0, 0.05) is 18.7 Å². The lowest BCUT2D eigenvalue weighted by Crippen LogP contribution is -2.39. The van der Waals surface area contributed by atoms with Crippen molar-refractivity contribution in [3.8, 4) is 0 Å². The SMILES string of the molecule is CC[C@@H](C)c1ccc(NC(=O)CCNC(=O)[C@@H](Br)C(C)(C)C)cc1. The van der Waals surface area contributed by atoms with Gasteiger partial charge in [-0.1, -0.05) is 62.7 Å². The lowest BCUT2D eigenvalue weighted by atomic mass is 9.92. The number of alkyl halides is 1. The van der Waals surface area contributed by atoms with Crippen LogP contribution in [0.5, 0.6) is 0 Å². The molecule has 2 amide bonds. The monoisotopic (exact) mass is 396 g/mol. The molecule has 0 fully saturated rings. The van der Waals surface area contributed by atoms with E-state index < -0.39 is 0 Å². The van der Waals surface area contributed by atoms with Crippen LogP contribution < -0.4 is 10.6 Å². The fraction of sp³-hybridized carbons (Fsp3) is 0.579. The average Bonchev–Trinajstić information content (AvgIpc) is 2.53. The first-order valence-corrected chi connectivity index (χ1v) is 9.38. The predicted octanol–water partition coefficient (Wildman–Crippen LogP) is 4.45. The lowest BCUT2D eigenvalue weighted by molar-refractivity contribution is -0.122. The Morgan fingerprint density at radius 3 is 2.25 bits per heavy atom. The van der Waals surface area contributed by atoms with Crippen molar-refractivity contribution >= 4 is 33.4 Å². The average molecular weight is 397 g/mol. The molecule has 0 saturated carbocycles. The molecule has 0 aliphatic rings. The van der Waals surface area contributed by atoms with Crippen LogP contribution in [-0.4, -0.2) is 23.2 Å². The molecule has 2 atom stereocenters. The summed E-state index contributed by atoms with van der Waals surface area (Å²) >= 11 is 3.40. The summed E-state index contributed by atoms with van der Waals surface area (Å²) in [5.74, 6) is 0.326. The minimum Gasteiger partial charge on any atom is -0.355 e. The smallest absolute Gasteiger partial charge is 0.234 e. The summed E-state index contributed by atoms with van der Waals surface area (Å²) < 4.78 is 0. The Morgan fingerprint density at radius 1 is 1.17 bits per heavy atom. The molecule has 0 saturated heterocycles. The second-order valence-corrected chi connectivity index (χ2v) is 8.16. The van der Waals surface area contributed by atoms with Crippen LogP contribution in [0.1, 0.15) is 58.9 Å². The molecule has 0 aromatic heterocycles. The van der Waals surface area contributed by atoms with Crippen LogP contribution in [0.15, 0.2) is 24.3 Å². The van der Waals surface area contributed by atoms with Crippen molar-refractivity contribution < 1.29 is 9.59 Å². The highest BCUT2D eigenvalue weighted by molar-refractivity contribution is 9.10. The van der Waals surface area contributed by atoms with E-state index in [1.807, 2.05) is 45.0 Å². The van der Waals surface area contributed by atoms with Crippen LogP contribution in [0.2, 0.25) is 0 Å². The van der Waals surface area contributed by atoms with Gasteiger partial charge in [-0.3, -0.25) is 9.59 Å². The van der Waals surface area contributed by atoms with Gasteiger partial charge in [-0.25, -0.2) is 0 Å². The number of halogens is 1. The van der Waals surface area contributed by atoms with Crippen molar-refractivity contribution in [2.75, 3.05) is 11.9 Å². The molecule has 1 aromatic rings. The lowest BCUT2D eigenvalue weighted by Gasteiger charge is -2.24. The highest BCUT2D eigenvalue weighted by Crippen LogP contribution is 2.26. The molecular weight excluding hydrogens is 368 g/mol. The molecule has 1 rings (SSSR count). The van der Waals surface area contributed by atoms with E-state index in [4.69, 9.17) is 0 Å². The van der Waals surface area contributed by atoms with Crippen LogP contribution in [-0.2, 0) is 9.59 Å². The standard InChI is InChI=1S/C19H29BrN2O2/c1-6-13(2)14-7-9-15(10-8-14)22-16(23)11-12-21-18(24)17(20)19(3,4)5/h7-10,13,17H,6,11-12H2,1-5H3,(H,21,24)(H,22,23)/t13-,17-/m1/s1. The summed E-state index contributed by atoms with van der Waals surface area (Å²) in [6, 6.07) is 7.94. The van der Waals surface area contributed by atoms with Gasteiger partial charge in [-0.15, -0.1) is 0 Å². The Labute approximate surface area is 153 Å². The predicted molar refractivity (Wildman–Crippen MR) is 104 cm³/mol. The first kappa shape index (κ1) is 20.7. The third kappa shape index (κ3) is 6.63. The maximum Gasteiger partial charge on any atom is 0.234 e. The van der Waals surface area contributed by atoms with Crippen molar-refractivity contribution in [1.82, 2.24) is 5.32 Å². The summed E-state index contributed by atoms with van der Waals surface area (Å²) in [5, 5.41) is 5.65. The van der Waals surface area contributed by atoms with Gasteiger partial charge >= 0.3 is 0 Å². The Bertz CT molecular complexity index is 549. The minimum absolute atomic E-state index is 0.0896. The molecule has 2 N–H and O–H groups in total. The van der Waals surface area contributed by atoms with E-state index in [0.29, 0.717) is 12.5 Å². The zero-order valence-corrected chi connectivity index (χ0v) is 16.9. The first-order chi connectivity index (χ1) is 11.1. The molecule has 0 aliphatic heterocycles. The van der Waals surface area contributed by atoms with Gasteiger partial charge in [0.25, 0.3) is 0 Å². The van der Waals surface area contributed by atoms with E-state index in [1.54, 1.807) is 0 Å². The van der Waals surface area contributed by atoms with Crippen LogP contribution in [0, 0.1) is 5.41 Å². The molecule has 0 radical (unpaired) electrons. The van der Waals surface area contributed by atoms with Crippen LogP contribution in [0.3, 0.4) is 0 Å². The molecule has 4 nitrogen and oxygen atoms in total. The second-order valence-electron chi connectivity index (χ2n) is 7.25. The van der Waals surface area contributed by atoms with Crippen LogP contribution in [0.25, 0.3) is 0 Å². The summed E-state index contributed by atoms with van der Waals surface area (Å²) in [6.07, 6.45) is 1.34. The van der Waals surface area contributed by atoms with Crippen LogP contribution in [0.4, 0.5) is 5.69 Å². The molecule has 0 unspecified atom stereocenters. The minimum atomic E-state index is -0.277. The van der Waals surface area contributed by atoms with Crippen molar-refractivity contribution in [3.05, 3.63) is 29.8 Å². The zero-order chi connectivity index (χ0) is 18.3. The molecular formula is C19H29BrN2O2. The quantitative estimate of drug-likeness (QED) is 0.668. The van der Waals surface area contributed by atoms with E-state index in [1.165, 1.54) is 5.56 Å². The van der Waals surface area contributed by atoms with Crippen molar-refractivity contribution in [2.45, 2.75) is 58.2 Å². The molecule has 0 heterocycles. The van der Waals surface area contributed by atoms with Gasteiger partial charge < -0.3 is 10.6 Å². The van der Waals surface area contributed by atoms with E-state index >= 15 is 0 Å². The molecule has 0 aliphatic carbocycles. The summed E-state index contributed by atoms with van der Waals surface area (Å²) in [7, 11) is 0. The van der Waals surface area contributed by atoms with Crippen molar-refractivity contribution in [1.29, 1.82) is 0 Å². The largest absolute Gasteiger partial charge is 0.355 e. The fourth-order valence-corrected chi connectivity index (χ4v) is 2.30. The number of nitrogens with one attached hydrogen (secondary N) is 2. The van der Waals surface area contributed by atoms with Crippen molar-refractivity contribution in [3.63, 3.8) is 0 Å². The number of hydrogen-bond donors (Lipinski definition) is 2. The third-order valence-corrected chi connectivity index (χ3v) is 5.81. The zero-order valence-electron chi connectivity index (χ0n) is 15.3. The molecule has 24 heavy (non-hydrogen) atoms. The topological polar surface area (TPSA) is 58.2 Å². The molecule has 5 heteroatoms. The van der Waals surface area contributed by atoms with E-state index in [-0.39, 0.29) is 28.5 Å². The van der Waals surface area contributed by atoms with Crippen LogP contribution >= 0.6 is 15.9 Å². The van der Waals surface area contributed by atoms with E-state index in [0.717, 1.165) is 12.1 Å². The number of anilines is 1. The number of hydrogen-bond acceptors (Lipinski definition) is 2. The number of amides is 2. The number of benzene rings is 1. The third-order valence-electron chi connectivity index (χ3n) is 4.02. The number of carbonyl (C=O) groups excluding carboxylic acids is 2. The number of carbonyl (C=O) groups is 2. The number of rotatable bonds is 7. The maximum absolute atomic E-state index is 12.0. The van der Waals surface area contributed by atoms with Gasteiger partial charge in [0.2, 0.25) is 11.8 Å². The molecule has 1 aromatic carbocycles. The normalized spacial score (nSPS) is 13.9. The van der Waals surface area contributed by atoms with Gasteiger partial charge in [0.15, 0.2) is 0 Å². The molecule has 134 valence electrons. The Balaban J connectivity index is 2.40. The summed E-state index contributed by atoms with van der Waals surface area (Å²) in [5.41, 5.74) is 1.89. The molecule has 0 bridgehead atoms. The van der Waals surface area contributed by atoms with Crippen molar-refractivity contribution in [2.24, 2.45) is 5.41 Å². The second kappa shape index (κ2) is 9.21. The first-order valence-electron chi connectivity index (χ1n) is 8.46. The molecule has 0 spiro atoms. The van der Waals surface area contributed by atoms with Gasteiger partial charge in [0.1, 0.15) is 0 Å².